The van der Waals surface area contributed by atoms with Crippen LogP contribution in [-0.4, -0.2) is 36.0 Å². The van der Waals surface area contributed by atoms with E-state index >= 15 is 0 Å². The molecule has 2 aromatic heterocycles. The van der Waals surface area contributed by atoms with Crippen LogP contribution in [0.15, 0.2) is 53.7 Å². The third-order valence-corrected chi connectivity index (χ3v) is 5.78. The molecule has 0 saturated carbocycles. The van der Waals surface area contributed by atoms with Gasteiger partial charge in [-0.15, -0.1) is 0 Å². The molecular formula is C17H17Cl2N5O2S. The number of nitrogens with zero attached hydrogens (tertiary/aromatic N) is 3. The standard InChI is InChI=1S/C17H17Cl2N5O2S/c1-12-22-16(11-17(23-12)24-8-2-3-9-24)20-6-7-21-27(25,26)15-10-13(18)4-5-14(15)19/h2-5,8-11,21H,6-7H2,1H3,(H,20,22,23). The Labute approximate surface area is 167 Å². The third-order valence-electron chi connectivity index (χ3n) is 3.60. The van der Waals surface area contributed by atoms with Crippen LogP contribution in [0.25, 0.3) is 5.82 Å². The highest BCUT2D eigenvalue weighted by atomic mass is 35.5. The van der Waals surface area contributed by atoms with Crippen molar-refractivity contribution in [1.29, 1.82) is 0 Å². The molecule has 0 unspecified atom stereocenters. The summed E-state index contributed by atoms with van der Waals surface area (Å²) in [4.78, 5) is 8.63. The number of sulfonamides is 1. The van der Waals surface area contributed by atoms with E-state index < -0.39 is 10.0 Å². The summed E-state index contributed by atoms with van der Waals surface area (Å²) in [5.41, 5.74) is 0. The molecule has 10 heteroatoms. The predicted molar refractivity (Wildman–Crippen MR) is 106 cm³/mol. The largest absolute Gasteiger partial charge is 0.369 e. The highest BCUT2D eigenvalue weighted by Gasteiger charge is 2.17. The molecule has 0 spiro atoms. The molecule has 7 nitrogen and oxygen atoms in total. The van der Waals surface area contributed by atoms with E-state index in [0.29, 0.717) is 23.2 Å². The first kappa shape index (κ1) is 19.6. The lowest BCUT2D eigenvalue weighted by Gasteiger charge is -2.11. The van der Waals surface area contributed by atoms with Crippen LogP contribution in [0.2, 0.25) is 10.0 Å². The molecule has 2 heterocycles. The molecule has 0 saturated heterocycles. The van der Waals surface area contributed by atoms with Crippen molar-refractivity contribution >= 4 is 39.0 Å². The van der Waals surface area contributed by atoms with Crippen molar-refractivity contribution in [2.24, 2.45) is 0 Å². The smallest absolute Gasteiger partial charge is 0.242 e. The van der Waals surface area contributed by atoms with Crippen molar-refractivity contribution in [2.75, 3.05) is 18.4 Å². The summed E-state index contributed by atoms with van der Waals surface area (Å²) in [6.07, 6.45) is 3.77. The molecule has 27 heavy (non-hydrogen) atoms. The number of nitrogens with one attached hydrogen (secondary N) is 2. The maximum atomic E-state index is 12.4. The average Bonchev–Trinajstić information content (AvgIpc) is 3.15. The number of rotatable bonds is 7. The summed E-state index contributed by atoms with van der Waals surface area (Å²) in [5, 5.41) is 3.50. The van der Waals surface area contributed by atoms with Crippen molar-refractivity contribution in [1.82, 2.24) is 19.3 Å². The van der Waals surface area contributed by atoms with Crippen molar-refractivity contribution in [3.8, 4) is 5.82 Å². The van der Waals surface area contributed by atoms with Gasteiger partial charge < -0.3 is 9.88 Å². The first-order chi connectivity index (χ1) is 12.8. The summed E-state index contributed by atoms with van der Waals surface area (Å²) in [6.45, 7) is 2.27. The minimum Gasteiger partial charge on any atom is -0.369 e. The number of aryl methyl sites for hydroxylation is 1. The van der Waals surface area contributed by atoms with Crippen molar-refractivity contribution in [2.45, 2.75) is 11.8 Å². The van der Waals surface area contributed by atoms with Crippen LogP contribution in [-0.2, 0) is 10.0 Å². The molecule has 142 valence electrons. The first-order valence-corrected chi connectivity index (χ1v) is 10.3. The number of halogens is 2. The molecule has 3 aromatic rings. The maximum Gasteiger partial charge on any atom is 0.242 e. The van der Waals surface area contributed by atoms with Crippen molar-refractivity contribution in [3.63, 3.8) is 0 Å². The Balaban J connectivity index is 1.63. The van der Waals surface area contributed by atoms with Gasteiger partial charge in [0.15, 0.2) is 0 Å². The molecule has 0 aliphatic carbocycles. The molecule has 0 aliphatic heterocycles. The molecule has 0 amide bonds. The van der Waals surface area contributed by atoms with E-state index in [2.05, 4.69) is 20.0 Å². The number of aromatic nitrogens is 3. The van der Waals surface area contributed by atoms with Crippen LogP contribution in [0.4, 0.5) is 5.82 Å². The highest BCUT2D eigenvalue weighted by Crippen LogP contribution is 2.24. The third kappa shape index (κ3) is 4.98. The van der Waals surface area contributed by atoms with Gasteiger partial charge in [-0.1, -0.05) is 23.2 Å². The zero-order chi connectivity index (χ0) is 19.4. The quantitative estimate of drug-likeness (QED) is 0.566. The van der Waals surface area contributed by atoms with E-state index in [1.54, 1.807) is 13.0 Å². The molecule has 0 atom stereocenters. The van der Waals surface area contributed by atoms with Crippen molar-refractivity contribution in [3.05, 3.63) is 64.7 Å². The van der Waals surface area contributed by atoms with Gasteiger partial charge in [-0.2, -0.15) is 0 Å². The van der Waals surface area contributed by atoms with E-state index in [4.69, 9.17) is 23.2 Å². The SMILES string of the molecule is Cc1nc(NCCNS(=O)(=O)c2cc(Cl)ccc2Cl)cc(-n2cccc2)n1. The first-order valence-electron chi connectivity index (χ1n) is 8.03. The lowest BCUT2D eigenvalue weighted by atomic mass is 10.4. The maximum absolute atomic E-state index is 12.4. The summed E-state index contributed by atoms with van der Waals surface area (Å²) in [6, 6.07) is 9.89. The number of anilines is 1. The molecule has 3 rings (SSSR count). The fourth-order valence-corrected chi connectivity index (χ4v) is 4.19. The van der Waals surface area contributed by atoms with Gasteiger partial charge in [0.2, 0.25) is 10.0 Å². The lowest BCUT2D eigenvalue weighted by molar-refractivity contribution is 0.583. The minimum atomic E-state index is -3.76. The second-order valence-corrected chi connectivity index (χ2v) is 8.23. The second-order valence-electron chi connectivity index (χ2n) is 5.65. The Hall–Kier alpha value is -2.13. The Bertz CT molecular complexity index is 1040. The fraction of sp³-hybridized carbons (Fsp3) is 0.176. The van der Waals surface area contributed by atoms with Crippen LogP contribution >= 0.6 is 23.2 Å². The van der Waals surface area contributed by atoms with Gasteiger partial charge in [0.25, 0.3) is 0 Å². The van der Waals surface area contributed by atoms with Crippen LogP contribution in [0.1, 0.15) is 5.82 Å². The average molecular weight is 426 g/mol. The van der Waals surface area contributed by atoms with Gasteiger partial charge in [0.1, 0.15) is 22.4 Å². The molecule has 0 fully saturated rings. The molecule has 0 bridgehead atoms. The van der Waals surface area contributed by atoms with Crippen LogP contribution in [0, 0.1) is 6.92 Å². The fourth-order valence-electron chi connectivity index (χ4n) is 2.40. The van der Waals surface area contributed by atoms with Gasteiger partial charge in [-0.25, -0.2) is 23.1 Å². The predicted octanol–water partition coefficient (Wildman–Crippen LogP) is 3.27. The Kier molecular flexibility index (Phi) is 6.01. The highest BCUT2D eigenvalue weighted by molar-refractivity contribution is 7.89. The van der Waals surface area contributed by atoms with Gasteiger partial charge >= 0.3 is 0 Å². The minimum absolute atomic E-state index is 0.0514. The van der Waals surface area contributed by atoms with Crippen LogP contribution in [0.3, 0.4) is 0 Å². The van der Waals surface area contributed by atoms with E-state index in [-0.39, 0.29) is 16.5 Å². The second kappa shape index (κ2) is 8.26. The Morgan fingerprint density at radius 3 is 2.56 bits per heavy atom. The summed E-state index contributed by atoms with van der Waals surface area (Å²) in [5.74, 6) is 1.93. The lowest BCUT2D eigenvalue weighted by Crippen LogP contribution is -2.29. The molecule has 0 aliphatic rings. The van der Waals surface area contributed by atoms with E-state index in [0.717, 1.165) is 5.82 Å². The zero-order valence-corrected chi connectivity index (χ0v) is 16.7. The van der Waals surface area contributed by atoms with Gasteiger partial charge in [-0.3, -0.25) is 0 Å². The summed E-state index contributed by atoms with van der Waals surface area (Å²) >= 11 is 11.8. The molecular weight excluding hydrogens is 409 g/mol. The molecule has 2 N–H and O–H groups in total. The van der Waals surface area contributed by atoms with Crippen LogP contribution in [0.5, 0.6) is 0 Å². The summed E-state index contributed by atoms with van der Waals surface area (Å²) < 4.78 is 29.1. The summed E-state index contributed by atoms with van der Waals surface area (Å²) in [7, 11) is -3.76. The molecule has 1 aromatic carbocycles. The van der Waals surface area contributed by atoms with Gasteiger partial charge in [0.05, 0.1) is 5.02 Å². The number of hydrogen-bond donors (Lipinski definition) is 2. The van der Waals surface area contributed by atoms with E-state index in [1.807, 2.05) is 29.1 Å². The van der Waals surface area contributed by atoms with Gasteiger partial charge in [-0.05, 0) is 37.3 Å². The topological polar surface area (TPSA) is 88.9 Å². The van der Waals surface area contributed by atoms with E-state index in [1.165, 1.54) is 18.2 Å². The van der Waals surface area contributed by atoms with Crippen LogP contribution < -0.4 is 10.0 Å². The normalized spacial score (nSPS) is 11.5. The zero-order valence-electron chi connectivity index (χ0n) is 14.4. The van der Waals surface area contributed by atoms with Crippen molar-refractivity contribution < 1.29 is 8.42 Å². The monoisotopic (exact) mass is 425 g/mol. The van der Waals surface area contributed by atoms with E-state index in [9.17, 15) is 8.42 Å². The molecule has 0 radical (unpaired) electrons. The van der Waals surface area contributed by atoms with Gasteiger partial charge in [0, 0.05) is 36.6 Å². The number of benzene rings is 1. The number of hydrogen-bond acceptors (Lipinski definition) is 5. The Morgan fingerprint density at radius 2 is 1.81 bits per heavy atom. The Morgan fingerprint density at radius 1 is 1.07 bits per heavy atom.